The number of halogens is 1. The number of amides is 1. The molecular formula is C24H22FN5O2. The van der Waals surface area contributed by atoms with Crippen molar-refractivity contribution in [3.63, 3.8) is 0 Å². The van der Waals surface area contributed by atoms with E-state index in [0.29, 0.717) is 18.6 Å². The van der Waals surface area contributed by atoms with E-state index in [1.165, 1.54) is 28.6 Å². The molecule has 0 radical (unpaired) electrons. The molecule has 162 valence electrons. The first-order valence-corrected chi connectivity index (χ1v) is 10.6. The summed E-state index contributed by atoms with van der Waals surface area (Å²) in [6.45, 7) is 3.32. The maximum Gasteiger partial charge on any atom is 0.261 e. The SMILES string of the molecule is O=C(Cn1cnc2ccc(F)cc2c1=O)N1CCN(Cc2cccc3cccnc23)CC1. The average Bonchev–Trinajstić information content (AvgIpc) is 2.82. The fourth-order valence-corrected chi connectivity index (χ4v) is 4.18. The molecule has 0 N–H and O–H groups in total. The number of piperazine rings is 1. The van der Waals surface area contributed by atoms with Gasteiger partial charge in [-0.3, -0.25) is 24.0 Å². The summed E-state index contributed by atoms with van der Waals surface area (Å²) in [6.07, 6.45) is 3.16. The lowest BCUT2D eigenvalue weighted by atomic mass is 10.1. The molecule has 2 aromatic carbocycles. The molecule has 7 nitrogen and oxygen atoms in total. The van der Waals surface area contributed by atoms with Gasteiger partial charge in [0, 0.05) is 44.3 Å². The fraction of sp³-hybridized carbons (Fsp3) is 0.250. The summed E-state index contributed by atoms with van der Waals surface area (Å²) < 4.78 is 14.8. The van der Waals surface area contributed by atoms with Crippen molar-refractivity contribution in [1.82, 2.24) is 24.3 Å². The van der Waals surface area contributed by atoms with Gasteiger partial charge in [0.25, 0.3) is 5.56 Å². The Morgan fingerprint density at radius 1 is 1.00 bits per heavy atom. The van der Waals surface area contributed by atoms with Crippen LogP contribution in [0.5, 0.6) is 0 Å². The molecule has 0 bridgehead atoms. The molecule has 1 fully saturated rings. The molecule has 0 spiro atoms. The molecule has 0 atom stereocenters. The number of hydrogen-bond donors (Lipinski definition) is 0. The van der Waals surface area contributed by atoms with Gasteiger partial charge in [-0.25, -0.2) is 9.37 Å². The Kier molecular flexibility index (Phi) is 5.36. The molecule has 1 aliphatic heterocycles. The molecular weight excluding hydrogens is 409 g/mol. The molecule has 0 unspecified atom stereocenters. The second-order valence-corrected chi connectivity index (χ2v) is 7.99. The van der Waals surface area contributed by atoms with Gasteiger partial charge in [-0.2, -0.15) is 0 Å². The first-order chi connectivity index (χ1) is 15.6. The van der Waals surface area contributed by atoms with Crippen molar-refractivity contribution < 1.29 is 9.18 Å². The summed E-state index contributed by atoms with van der Waals surface area (Å²) in [5.41, 5.74) is 2.18. The lowest BCUT2D eigenvalue weighted by molar-refractivity contribution is -0.133. The lowest BCUT2D eigenvalue weighted by Gasteiger charge is -2.35. The van der Waals surface area contributed by atoms with E-state index in [4.69, 9.17) is 0 Å². The number of hydrogen-bond acceptors (Lipinski definition) is 5. The van der Waals surface area contributed by atoms with Crippen molar-refractivity contribution in [1.29, 1.82) is 0 Å². The number of rotatable bonds is 4. The first kappa shape index (κ1) is 20.3. The van der Waals surface area contributed by atoms with Crippen molar-refractivity contribution in [2.75, 3.05) is 26.2 Å². The van der Waals surface area contributed by atoms with Crippen LogP contribution in [0.3, 0.4) is 0 Å². The Morgan fingerprint density at radius 3 is 2.66 bits per heavy atom. The number of benzene rings is 2. The molecule has 3 heterocycles. The predicted octanol–water partition coefficient (Wildman–Crippen LogP) is 2.43. The van der Waals surface area contributed by atoms with Crippen LogP contribution >= 0.6 is 0 Å². The van der Waals surface area contributed by atoms with E-state index in [2.05, 4.69) is 33.1 Å². The number of aromatic nitrogens is 3. The molecule has 8 heteroatoms. The third-order valence-electron chi connectivity index (χ3n) is 5.93. The highest BCUT2D eigenvalue weighted by Gasteiger charge is 2.22. The zero-order valence-corrected chi connectivity index (χ0v) is 17.4. The normalized spacial score (nSPS) is 14.8. The number of pyridine rings is 1. The van der Waals surface area contributed by atoms with Crippen molar-refractivity contribution in [3.05, 3.63) is 82.8 Å². The summed E-state index contributed by atoms with van der Waals surface area (Å²) in [6, 6.07) is 14.1. The van der Waals surface area contributed by atoms with Crippen LogP contribution in [0.1, 0.15) is 5.56 Å². The van der Waals surface area contributed by atoms with Crippen LogP contribution in [0.15, 0.2) is 65.8 Å². The standard InChI is InChI=1S/C24H22FN5O2/c25-19-6-7-21-20(13-19)24(32)30(16-27-21)15-22(31)29-11-9-28(10-12-29)14-18-4-1-3-17-5-2-8-26-23(17)18/h1-8,13,16H,9-12,14-15H2. The second-order valence-electron chi connectivity index (χ2n) is 7.99. The summed E-state index contributed by atoms with van der Waals surface area (Å²) in [5.74, 6) is -0.644. The molecule has 1 amide bonds. The zero-order valence-electron chi connectivity index (χ0n) is 17.4. The number of nitrogens with zero attached hydrogens (tertiary/aromatic N) is 5. The topological polar surface area (TPSA) is 71.3 Å². The largest absolute Gasteiger partial charge is 0.339 e. The van der Waals surface area contributed by atoms with Crippen LogP contribution in [0.4, 0.5) is 4.39 Å². The minimum absolute atomic E-state index is 0.106. The summed E-state index contributed by atoms with van der Waals surface area (Å²) >= 11 is 0. The minimum Gasteiger partial charge on any atom is -0.339 e. The maximum absolute atomic E-state index is 13.5. The zero-order chi connectivity index (χ0) is 22.1. The Morgan fingerprint density at radius 2 is 1.81 bits per heavy atom. The predicted molar refractivity (Wildman–Crippen MR) is 120 cm³/mol. The van der Waals surface area contributed by atoms with Crippen LogP contribution in [-0.4, -0.2) is 56.4 Å². The first-order valence-electron chi connectivity index (χ1n) is 10.6. The van der Waals surface area contributed by atoms with Crippen molar-refractivity contribution in [2.24, 2.45) is 0 Å². The summed E-state index contributed by atoms with van der Waals surface area (Å²) in [7, 11) is 0. The number of fused-ring (bicyclic) bond motifs is 2. The molecule has 0 aliphatic carbocycles. The van der Waals surface area contributed by atoms with Gasteiger partial charge in [0.1, 0.15) is 12.4 Å². The lowest BCUT2D eigenvalue weighted by Crippen LogP contribution is -2.49. The van der Waals surface area contributed by atoms with Crippen LogP contribution < -0.4 is 5.56 Å². The second kappa shape index (κ2) is 8.47. The van der Waals surface area contributed by atoms with Crippen molar-refractivity contribution >= 4 is 27.7 Å². The van der Waals surface area contributed by atoms with E-state index in [-0.39, 0.29) is 17.8 Å². The smallest absolute Gasteiger partial charge is 0.261 e. The Hall–Kier alpha value is -3.65. The van der Waals surface area contributed by atoms with Crippen LogP contribution in [0, 0.1) is 5.82 Å². The minimum atomic E-state index is -0.502. The molecule has 4 aromatic rings. The highest BCUT2D eigenvalue weighted by atomic mass is 19.1. The van der Waals surface area contributed by atoms with Gasteiger partial charge in [0.05, 0.1) is 22.7 Å². The fourth-order valence-electron chi connectivity index (χ4n) is 4.18. The van der Waals surface area contributed by atoms with E-state index in [9.17, 15) is 14.0 Å². The quantitative estimate of drug-likeness (QED) is 0.496. The van der Waals surface area contributed by atoms with Gasteiger partial charge in [-0.15, -0.1) is 0 Å². The molecule has 32 heavy (non-hydrogen) atoms. The number of para-hydroxylation sites is 1. The number of carbonyl (C=O) groups is 1. The van der Waals surface area contributed by atoms with Crippen molar-refractivity contribution in [2.45, 2.75) is 13.1 Å². The molecule has 5 rings (SSSR count). The highest BCUT2D eigenvalue weighted by molar-refractivity contribution is 5.81. The molecule has 2 aromatic heterocycles. The van der Waals surface area contributed by atoms with Gasteiger partial charge in [-0.1, -0.05) is 24.3 Å². The Balaban J connectivity index is 1.24. The molecule has 1 aliphatic rings. The van der Waals surface area contributed by atoms with Gasteiger partial charge < -0.3 is 4.90 Å². The monoisotopic (exact) mass is 431 g/mol. The Bertz CT molecular complexity index is 1360. The number of carbonyl (C=O) groups excluding carboxylic acids is 1. The van der Waals surface area contributed by atoms with E-state index in [0.717, 1.165) is 36.6 Å². The highest BCUT2D eigenvalue weighted by Crippen LogP contribution is 2.18. The van der Waals surface area contributed by atoms with Crippen LogP contribution in [-0.2, 0) is 17.9 Å². The van der Waals surface area contributed by atoms with Gasteiger partial charge in [0.15, 0.2) is 0 Å². The third kappa shape index (κ3) is 3.97. The van der Waals surface area contributed by atoms with Gasteiger partial charge >= 0.3 is 0 Å². The third-order valence-corrected chi connectivity index (χ3v) is 5.93. The van der Waals surface area contributed by atoms with Crippen molar-refractivity contribution in [3.8, 4) is 0 Å². The summed E-state index contributed by atoms with van der Waals surface area (Å²) in [4.78, 5) is 38.2. The Labute approximate surface area is 183 Å². The van der Waals surface area contributed by atoms with Gasteiger partial charge in [-0.05, 0) is 29.8 Å². The van der Waals surface area contributed by atoms with E-state index < -0.39 is 11.4 Å². The van der Waals surface area contributed by atoms with Crippen LogP contribution in [0.25, 0.3) is 21.8 Å². The molecule has 1 saturated heterocycles. The van der Waals surface area contributed by atoms with E-state index >= 15 is 0 Å². The van der Waals surface area contributed by atoms with E-state index in [1.807, 2.05) is 12.1 Å². The van der Waals surface area contributed by atoms with E-state index in [1.54, 1.807) is 11.1 Å². The summed E-state index contributed by atoms with van der Waals surface area (Å²) in [5, 5.41) is 1.29. The average molecular weight is 431 g/mol. The van der Waals surface area contributed by atoms with Crippen LogP contribution in [0.2, 0.25) is 0 Å². The van der Waals surface area contributed by atoms with Gasteiger partial charge in [0.2, 0.25) is 5.91 Å². The maximum atomic E-state index is 13.5. The molecule has 0 saturated carbocycles.